The number of cyclic esters (lactones) is 2. The van der Waals surface area contributed by atoms with Crippen molar-refractivity contribution in [3.8, 4) is 22.5 Å². The minimum Gasteiger partial charge on any atom is -0.455 e. The molecule has 662 valence electrons. The predicted octanol–water partition coefficient (Wildman–Crippen LogP) is 11.4. The van der Waals surface area contributed by atoms with Gasteiger partial charge in [0.05, 0.1) is 60.1 Å². The monoisotopic (exact) mass is 1670 g/mol. The van der Waals surface area contributed by atoms with Crippen molar-refractivity contribution in [1.29, 1.82) is 0 Å². The molecule has 26 atom stereocenters. The summed E-state index contributed by atoms with van der Waals surface area (Å²) in [6.07, 6.45) is -0.394. The number of hydrogen-bond donors (Lipinski definition) is 3. The van der Waals surface area contributed by atoms with Crippen LogP contribution in [0.2, 0.25) is 0 Å². The standard InChI is InChI=1S/C44H67FN6O9.C43H65FN6O9/c1-13-34-44(9)36(51(41(55)60-44)20-15-14-19-50-24-32(47-48-50)30-17-16-18-31(46)22-30)28(5)35(52)25(2)23-42(7,56-12)38(29(6)37(53)43(8,45)40(54)58-34)59-39-27(4)33(49(10)11)21-26(3)57-39;1-12-33-43(9)35(50(40(54)59-43)19-14-13-18-49-23-32(47-48-49)29-16-15-17-30(45)21-29)27(5)34(51)24(2)22-41(7,55-11)37(28(6)36(52)42(8,44)39(53)57-33)58-38-26(4)31(46-10)20-25(3)56-38/h16-18,22,24-29,33-34,36,38-39H,13-15,19-21,23,46H2,1-12H3;15-17,21,23-28,31,33,35,37-38,46H,12-14,18-20,22,45H2,1-11H3/t25-,26-,27-,28+,29+,33+,34-,36-,38-,39+,42+,43+,44-;24-,25-,26-,27+,28+,31+,33-,35-,37-,38+,41+,42+,43-/m11/s1. The van der Waals surface area contributed by atoms with Gasteiger partial charge >= 0.3 is 24.1 Å². The Hall–Kier alpha value is -7.98. The van der Waals surface area contributed by atoms with E-state index in [1.165, 1.54) is 37.9 Å². The van der Waals surface area contributed by atoms with E-state index in [4.69, 9.17) is 58.8 Å². The van der Waals surface area contributed by atoms with Gasteiger partial charge < -0.3 is 78.9 Å². The number of hydrogen-bond acceptors (Lipinski definition) is 26. The molecule has 10 rings (SSSR count). The summed E-state index contributed by atoms with van der Waals surface area (Å²) in [5, 5.41) is 20.4. The van der Waals surface area contributed by atoms with Gasteiger partial charge in [0.1, 0.15) is 35.2 Å². The molecule has 0 aliphatic carbocycles. The zero-order chi connectivity index (χ0) is 88.1. The van der Waals surface area contributed by atoms with Crippen LogP contribution in [-0.2, 0) is 89.2 Å². The lowest BCUT2D eigenvalue weighted by molar-refractivity contribution is -0.281. The number of aromatic nitrogens is 6. The maximum Gasteiger partial charge on any atom is 0.410 e. The number of rotatable bonds is 22. The minimum absolute atomic E-state index is 0.0276. The second-order valence-electron chi connectivity index (χ2n) is 35.7. The predicted molar refractivity (Wildman–Crippen MR) is 440 cm³/mol. The number of unbranched alkanes of at least 4 members (excludes halogenated alkanes) is 2. The van der Waals surface area contributed by atoms with Crippen molar-refractivity contribution in [3.63, 3.8) is 0 Å². The molecule has 5 N–H and O–H groups in total. The molecular formula is C87H132F2N12O18. The molecule has 4 aromatic rings. The van der Waals surface area contributed by atoms with Gasteiger partial charge in [0.15, 0.2) is 35.3 Å². The average Bonchev–Trinajstić information content (AvgIpc) is 1.71. The molecule has 6 aliphatic heterocycles. The van der Waals surface area contributed by atoms with Crippen LogP contribution in [0.3, 0.4) is 0 Å². The van der Waals surface area contributed by atoms with Gasteiger partial charge in [-0.25, -0.2) is 28.0 Å². The topological polar surface area (TPSA) is 364 Å². The second kappa shape index (κ2) is 38.6. The van der Waals surface area contributed by atoms with Crippen LogP contribution in [0.25, 0.3) is 22.5 Å². The molecule has 8 heterocycles. The largest absolute Gasteiger partial charge is 0.455 e. The molecule has 0 bridgehead atoms. The van der Waals surface area contributed by atoms with Crippen LogP contribution < -0.4 is 16.8 Å². The van der Waals surface area contributed by atoms with E-state index in [-0.39, 0.29) is 86.5 Å². The second-order valence-corrected chi connectivity index (χ2v) is 35.7. The highest BCUT2D eigenvalue weighted by atomic mass is 19.1. The summed E-state index contributed by atoms with van der Waals surface area (Å²) in [6.45, 7) is 31.2. The van der Waals surface area contributed by atoms with E-state index in [2.05, 4.69) is 30.8 Å². The molecule has 6 saturated heterocycles. The third-order valence-corrected chi connectivity index (χ3v) is 26.4. The van der Waals surface area contributed by atoms with E-state index in [1.807, 2.05) is 97.6 Å². The first-order valence-electron chi connectivity index (χ1n) is 42.3. The number of benzene rings is 2. The van der Waals surface area contributed by atoms with Gasteiger partial charge in [0.25, 0.3) is 11.3 Å². The van der Waals surface area contributed by atoms with Crippen LogP contribution in [-0.4, -0.2) is 248 Å². The number of carbonyl (C=O) groups excluding carboxylic acids is 8. The van der Waals surface area contributed by atoms with Crippen LogP contribution in [0.5, 0.6) is 0 Å². The third kappa shape index (κ3) is 20.2. The van der Waals surface area contributed by atoms with Gasteiger partial charge in [0.2, 0.25) is 0 Å². The number of nitrogens with two attached hydrogens (primary N) is 2. The van der Waals surface area contributed by atoms with Crippen LogP contribution in [0.1, 0.15) is 189 Å². The zero-order valence-electron chi connectivity index (χ0n) is 74.0. The smallest absolute Gasteiger partial charge is 0.410 e. The number of ether oxygens (including phenoxy) is 10. The van der Waals surface area contributed by atoms with E-state index in [9.17, 15) is 38.4 Å². The van der Waals surface area contributed by atoms with Gasteiger partial charge in [-0.2, -0.15) is 0 Å². The number of halogens is 2. The highest BCUT2D eigenvalue weighted by Gasteiger charge is 2.64. The molecule has 6 fully saturated rings. The first kappa shape index (κ1) is 94.9. The number of fused-ring (bicyclic) bond motifs is 2. The van der Waals surface area contributed by atoms with Crippen molar-refractivity contribution >= 4 is 58.6 Å². The van der Waals surface area contributed by atoms with E-state index in [0.29, 0.717) is 61.5 Å². The van der Waals surface area contributed by atoms with E-state index in [1.54, 1.807) is 90.7 Å². The summed E-state index contributed by atoms with van der Waals surface area (Å²) >= 11 is 0. The molecule has 0 radical (unpaired) electrons. The SMILES string of the molecule is CC[C@H]1OC(=O)[C@@](C)(F)C(=O)[C@H](C)[C@@H](O[C@@H]2O[C@H](C)C[C@H](N(C)C)[C@H]2C)[C@@](C)(OC)C[C@@H](C)C(=O)[C@H](C)[C@H]2N(CCCCn3cc(-c4cccc(N)c4)nn3)C(=O)O[C@]12C.CC[C@H]1OC(=O)[C@@](C)(F)C(=O)[C@H](C)[C@@H](O[C@@H]2O[C@H](C)C[C@H](NC)[C@H]2C)[C@@](C)(OC)C[C@@H](C)C(=O)[C@H](C)[C@H]2N(CCCCn3cc(-c4cccc(N)c4)nn3)C(=O)O[C@]12C. The van der Waals surface area contributed by atoms with Crippen molar-refractivity contribution in [2.75, 3.05) is 59.9 Å². The molecule has 2 amide bonds. The molecule has 2 aromatic carbocycles. The number of carbonyl (C=O) groups is 8. The van der Waals surface area contributed by atoms with Crippen LogP contribution in [0.4, 0.5) is 29.7 Å². The molecule has 119 heavy (non-hydrogen) atoms. The summed E-state index contributed by atoms with van der Waals surface area (Å²) < 4.78 is 99.5. The van der Waals surface area contributed by atoms with Gasteiger partial charge in [-0.1, -0.05) is 104 Å². The fourth-order valence-electron chi connectivity index (χ4n) is 19.4. The van der Waals surface area contributed by atoms with Gasteiger partial charge in [-0.15, -0.1) is 10.2 Å². The first-order valence-corrected chi connectivity index (χ1v) is 42.3. The average molecular weight is 1670 g/mol. The van der Waals surface area contributed by atoms with Crippen LogP contribution >= 0.6 is 0 Å². The fourth-order valence-corrected chi connectivity index (χ4v) is 19.4. The summed E-state index contributed by atoms with van der Waals surface area (Å²) in [7, 11) is 8.73. The molecule has 0 unspecified atom stereocenters. The normalized spacial score (nSPS) is 37.3. The van der Waals surface area contributed by atoms with E-state index in [0.717, 1.165) is 37.8 Å². The lowest BCUT2D eigenvalue weighted by Crippen LogP contribution is -2.61. The first-order chi connectivity index (χ1) is 55.8. The van der Waals surface area contributed by atoms with Crippen LogP contribution in [0, 0.1) is 47.3 Å². The summed E-state index contributed by atoms with van der Waals surface area (Å²) in [5.41, 5.74) is 4.07. The van der Waals surface area contributed by atoms with Gasteiger partial charge in [0, 0.05) is 122 Å². The van der Waals surface area contributed by atoms with Crippen molar-refractivity contribution < 1.29 is 94.5 Å². The number of aryl methyl sites for hydroxylation is 2. The number of anilines is 2. The Balaban J connectivity index is 0.000000271. The highest BCUT2D eigenvalue weighted by molar-refractivity contribution is 6.08. The highest BCUT2D eigenvalue weighted by Crippen LogP contribution is 2.48. The van der Waals surface area contributed by atoms with Crippen LogP contribution in [0.15, 0.2) is 60.9 Å². The lowest BCUT2D eigenvalue weighted by Gasteiger charge is -2.48. The van der Waals surface area contributed by atoms with E-state index >= 15 is 8.78 Å². The summed E-state index contributed by atoms with van der Waals surface area (Å²) in [6, 6.07) is 13.0. The fraction of sp³-hybridized carbons (Fsp3) is 0.724. The maximum absolute atomic E-state index is 17.0. The Bertz CT molecular complexity index is 4200. The number of esters is 2. The number of ketones is 4. The van der Waals surface area contributed by atoms with Crippen molar-refractivity contribution in [1.82, 2.24) is 50.0 Å². The Kier molecular flexibility index (Phi) is 30.8. The van der Waals surface area contributed by atoms with Crippen molar-refractivity contribution in [3.05, 3.63) is 60.9 Å². The lowest BCUT2D eigenvalue weighted by atomic mass is 9.73. The number of nitrogens with one attached hydrogen (secondary N) is 1. The van der Waals surface area contributed by atoms with Gasteiger partial charge in [-0.3, -0.25) is 28.5 Å². The molecule has 2 aromatic heterocycles. The number of Topliss-reactive ketones (excluding diaryl/α,β-unsaturated/α-hetero) is 4. The Labute approximate surface area is 699 Å². The molecule has 32 heteroatoms. The third-order valence-electron chi connectivity index (χ3n) is 26.4. The number of nitrogens with zero attached hydrogens (tertiary/aromatic N) is 9. The Morgan fingerprint density at radius 3 is 1.29 bits per heavy atom. The Morgan fingerprint density at radius 1 is 0.546 bits per heavy atom. The van der Waals surface area contributed by atoms with Gasteiger partial charge in [-0.05, 0) is 165 Å². The minimum atomic E-state index is -3.12. The molecule has 6 aliphatic rings. The molecular weight excluding hydrogens is 1540 g/mol. The number of methoxy groups -OCH3 is 2. The Morgan fingerprint density at radius 2 is 0.924 bits per heavy atom. The van der Waals surface area contributed by atoms with E-state index < -0.39 is 154 Å². The quantitative estimate of drug-likeness (QED) is 0.0216. The summed E-state index contributed by atoms with van der Waals surface area (Å²) in [5.74, 6) is -11.3. The van der Waals surface area contributed by atoms with Crippen molar-refractivity contribution in [2.24, 2.45) is 47.3 Å². The molecule has 0 saturated carbocycles. The number of nitrogen functional groups attached to an aromatic ring is 2. The zero-order valence-corrected chi connectivity index (χ0v) is 74.0. The number of alkyl halides is 2. The van der Waals surface area contributed by atoms with Crippen molar-refractivity contribution in [2.45, 2.75) is 309 Å². The summed E-state index contributed by atoms with van der Waals surface area (Å²) in [4.78, 5) is 119. The molecule has 0 spiro atoms. The maximum atomic E-state index is 17.0. The number of amides is 2. The molecule has 30 nitrogen and oxygen atoms in total.